The van der Waals surface area contributed by atoms with Crippen molar-refractivity contribution in [1.82, 2.24) is 19.8 Å². The van der Waals surface area contributed by atoms with Crippen molar-refractivity contribution in [2.24, 2.45) is 5.41 Å². The van der Waals surface area contributed by atoms with Gasteiger partial charge >= 0.3 is 12.3 Å². The van der Waals surface area contributed by atoms with Gasteiger partial charge in [0.25, 0.3) is 0 Å². The maximum Gasteiger partial charge on any atom is 0.422 e. The van der Waals surface area contributed by atoms with Crippen molar-refractivity contribution in [3.8, 4) is 5.75 Å². The zero-order chi connectivity index (χ0) is 32.0. The van der Waals surface area contributed by atoms with Crippen molar-refractivity contribution in [1.29, 1.82) is 0 Å². The number of aromatic nitrogens is 2. The number of alkyl halides is 3. The minimum atomic E-state index is -4.49. The Bertz CT molecular complexity index is 1360. The van der Waals surface area contributed by atoms with Crippen LogP contribution < -0.4 is 14.5 Å². The third-order valence-electron chi connectivity index (χ3n) is 9.00. The highest BCUT2D eigenvalue weighted by atomic mass is 79.9. The number of fused-ring (bicyclic) bond motifs is 1. The maximum absolute atomic E-state index is 13.3. The molecule has 0 aliphatic carbocycles. The summed E-state index contributed by atoms with van der Waals surface area (Å²) in [5.41, 5.74) is 0.713. The molecular weight excluding hydrogens is 641 g/mol. The molecule has 0 unspecified atom stereocenters. The molecule has 0 N–H and O–H groups in total. The number of halogens is 4. The quantitative estimate of drug-likeness (QED) is 0.353. The van der Waals surface area contributed by atoms with Crippen LogP contribution >= 0.6 is 15.9 Å². The van der Waals surface area contributed by atoms with Crippen molar-refractivity contribution in [2.45, 2.75) is 77.6 Å². The number of piperidine rings is 2. The summed E-state index contributed by atoms with van der Waals surface area (Å²) in [6, 6.07) is 2.44. The fraction of sp³-hybridized carbons (Fsp3) is 0.710. The minimum absolute atomic E-state index is 0.0334. The second kappa shape index (κ2) is 12.3. The number of anilines is 2. The van der Waals surface area contributed by atoms with Crippen LogP contribution in [0.3, 0.4) is 0 Å². The van der Waals surface area contributed by atoms with Crippen LogP contribution in [0.5, 0.6) is 5.75 Å². The van der Waals surface area contributed by atoms with Crippen LogP contribution in [0.1, 0.15) is 58.9 Å². The lowest BCUT2D eigenvalue weighted by atomic mass is 9.72. The van der Waals surface area contributed by atoms with E-state index in [2.05, 4.69) is 44.7 Å². The molecular formula is C31H44BrF3N6O3. The highest BCUT2D eigenvalue weighted by molar-refractivity contribution is 9.10. The number of rotatable bonds is 6. The third-order valence-corrected chi connectivity index (χ3v) is 9.86. The second-order valence-corrected chi connectivity index (χ2v) is 14.5. The number of hydrogen-bond donors (Lipinski definition) is 0. The van der Waals surface area contributed by atoms with Crippen LogP contribution in [0.2, 0.25) is 0 Å². The van der Waals surface area contributed by atoms with Gasteiger partial charge in [-0.05, 0) is 94.5 Å². The van der Waals surface area contributed by atoms with E-state index in [1.54, 1.807) is 4.90 Å². The molecule has 5 rings (SSSR count). The zero-order valence-electron chi connectivity index (χ0n) is 26.6. The number of aryl methyl sites for hydroxylation is 1. The number of benzene rings is 1. The van der Waals surface area contributed by atoms with Gasteiger partial charge in [0.1, 0.15) is 16.9 Å². The van der Waals surface area contributed by atoms with E-state index in [0.29, 0.717) is 60.0 Å². The molecule has 244 valence electrons. The molecule has 3 fully saturated rings. The lowest BCUT2D eigenvalue weighted by Gasteiger charge is -2.53. The first-order valence-electron chi connectivity index (χ1n) is 15.4. The highest BCUT2D eigenvalue weighted by Crippen LogP contribution is 2.45. The molecule has 1 amide bonds. The van der Waals surface area contributed by atoms with Gasteiger partial charge in [-0.25, -0.2) is 9.78 Å². The average Bonchev–Trinajstić information content (AvgIpc) is 2.93. The van der Waals surface area contributed by atoms with Gasteiger partial charge in [-0.2, -0.15) is 18.2 Å². The fourth-order valence-electron chi connectivity index (χ4n) is 6.48. The van der Waals surface area contributed by atoms with Gasteiger partial charge in [-0.15, -0.1) is 0 Å². The van der Waals surface area contributed by atoms with E-state index in [4.69, 9.17) is 19.4 Å². The van der Waals surface area contributed by atoms with E-state index in [-0.39, 0.29) is 17.3 Å². The van der Waals surface area contributed by atoms with Crippen molar-refractivity contribution >= 4 is 44.7 Å². The van der Waals surface area contributed by atoms with E-state index >= 15 is 0 Å². The average molecular weight is 686 g/mol. The van der Waals surface area contributed by atoms with Crippen molar-refractivity contribution < 1.29 is 27.4 Å². The number of carbonyl (C=O) groups excluding carboxylic acids is 1. The van der Waals surface area contributed by atoms with Crippen LogP contribution in [-0.4, -0.2) is 104 Å². The van der Waals surface area contributed by atoms with Gasteiger partial charge in [-0.1, -0.05) is 6.92 Å². The predicted molar refractivity (Wildman–Crippen MR) is 169 cm³/mol. The van der Waals surface area contributed by atoms with Gasteiger partial charge in [0.05, 0.1) is 4.47 Å². The number of ether oxygens (including phenoxy) is 2. The summed E-state index contributed by atoms with van der Waals surface area (Å²) in [4.78, 5) is 30.9. The molecule has 44 heavy (non-hydrogen) atoms. The largest absolute Gasteiger partial charge is 0.481 e. The zero-order valence-corrected chi connectivity index (χ0v) is 28.1. The van der Waals surface area contributed by atoms with Gasteiger partial charge in [-0.3, -0.25) is 0 Å². The van der Waals surface area contributed by atoms with E-state index in [1.807, 2.05) is 33.8 Å². The number of likely N-dealkylation sites (tertiary alicyclic amines) is 1. The van der Waals surface area contributed by atoms with E-state index < -0.39 is 18.4 Å². The van der Waals surface area contributed by atoms with Crippen LogP contribution in [0.15, 0.2) is 10.5 Å². The number of hydrogen-bond acceptors (Lipinski definition) is 8. The molecule has 3 aliphatic rings. The predicted octanol–water partition coefficient (Wildman–Crippen LogP) is 6.26. The van der Waals surface area contributed by atoms with E-state index in [9.17, 15) is 18.0 Å². The van der Waals surface area contributed by atoms with E-state index in [1.165, 1.54) is 0 Å². The second-order valence-electron chi connectivity index (χ2n) is 13.7. The van der Waals surface area contributed by atoms with Gasteiger partial charge in [0.15, 0.2) is 12.4 Å². The van der Waals surface area contributed by atoms with Crippen LogP contribution in [0.25, 0.3) is 10.9 Å². The molecule has 1 spiro atoms. The Labute approximate surface area is 266 Å². The van der Waals surface area contributed by atoms with Crippen molar-refractivity contribution in [3.05, 3.63) is 16.1 Å². The normalized spacial score (nSPS) is 19.6. The molecule has 0 radical (unpaired) electrons. The fourth-order valence-corrected chi connectivity index (χ4v) is 7.17. The minimum Gasteiger partial charge on any atom is -0.481 e. The Morgan fingerprint density at radius 3 is 2.25 bits per heavy atom. The monoisotopic (exact) mass is 684 g/mol. The summed E-state index contributed by atoms with van der Waals surface area (Å²) in [5, 5.41) is 0.689. The Morgan fingerprint density at radius 2 is 1.70 bits per heavy atom. The molecule has 2 aromatic rings. The van der Waals surface area contributed by atoms with Crippen molar-refractivity contribution in [2.75, 3.05) is 69.8 Å². The molecule has 1 aromatic heterocycles. The molecule has 0 atom stereocenters. The Hall–Kier alpha value is -2.54. The van der Waals surface area contributed by atoms with Crippen LogP contribution in [0, 0.1) is 5.41 Å². The molecule has 3 saturated heterocycles. The molecule has 1 aromatic carbocycles. The summed E-state index contributed by atoms with van der Waals surface area (Å²) in [7, 11) is 4.16. The standard InChI is InChI=1S/C31H44BrF3N6O3/c1-7-20-16-22-24(25(23(20)32)43-19-31(33,34)35)36-27(40-12-8-21(9-13-40)38(5)6)37-26(22)39-14-10-30(11-15-39)17-41(18-30)28(42)44-29(2,3)4/h16,21H,7-15,17-19H2,1-6H3. The van der Waals surface area contributed by atoms with Crippen LogP contribution in [-0.2, 0) is 11.2 Å². The lowest BCUT2D eigenvalue weighted by Crippen LogP contribution is -2.62. The van der Waals surface area contributed by atoms with Crippen LogP contribution in [0.4, 0.5) is 29.7 Å². The number of carbonyl (C=O) groups is 1. The lowest BCUT2D eigenvalue weighted by molar-refractivity contribution is -0.153. The first-order valence-corrected chi connectivity index (χ1v) is 16.2. The summed E-state index contributed by atoms with van der Waals surface area (Å²) < 4.78 is 51.5. The third kappa shape index (κ3) is 7.13. The van der Waals surface area contributed by atoms with Gasteiger partial charge in [0, 0.05) is 56.1 Å². The maximum atomic E-state index is 13.3. The highest BCUT2D eigenvalue weighted by Gasteiger charge is 2.48. The number of nitrogens with zero attached hydrogens (tertiary/aromatic N) is 6. The van der Waals surface area contributed by atoms with Gasteiger partial charge in [0.2, 0.25) is 5.95 Å². The smallest absolute Gasteiger partial charge is 0.422 e. The molecule has 9 nitrogen and oxygen atoms in total. The first-order chi connectivity index (χ1) is 20.6. The number of amides is 1. The topological polar surface area (TPSA) is 74.3 Å². The summed E-state index contributed by atoms with van der Waals surface area (Å²) in [6.45, 7) is 10.4. The Kier molecular flexibility index (Phi) is 9.21. The molecule has 0 bridgehead atoms. The van der Waals surface area contributed by atoms with Gasteiger partial charge < -0.3 is 29.1 Å². The summed E-state index contributed by atoms with van der Waals surface area (Å²) in [5.74, 6) is 1.33. The molecule has 3 aliphatic heterocycles. The molecule has 4 heterocycles. The molecule has 13 heteroatoms. The van der Waals surface area contributed by atoms with E-state index in [0.717, 1.165) is 50.2 Å². The summed E-state index contributed by atoms with van der Waals surface area (Å²) >= 11 is 3.53. The Balaban J connectivity index is 1.46. The molecule has 0 saturated carbocycles. The SMILES string of the molecule is CCc1cc2c(N3CCC4(CC3)CN(C(=O)OC(C)(C)C)C4)nc(N3CCC(N(C)C)CC3)nc2c(OCC(F)(F)F)c1Br. The Morgan fingerprint density at radius 1 is 1.07 bits per heavy atom. The van der Waals surface area contributed by atoms with Crippen molar-refractivity contribution in [3.63, 3.8) is 0 Å². The first kappa shape index (κ1) is 32.8. The summed E-state index contributed by atoms with van der Waals surface area (Å²) in [6.07, 6.45) is -0.537.